The first-order valence-corrected chi connectivity index (χ1v) is 9.72. The van der Waals surface area contributed by atoms with Crippen LogP contribution >= 0.6 is 0 Å². The molecule has 0 aliphatic heterocycles. The highest BCUT2D eigenvalue weighted by atomic mass is 16.1. The maximum Gasteiger partial charge on any atom is 0.254 e. The zero-order valence-electron chi connectivity index (χ0n) is 15.3. The van der Waals surface area contributed by atoms with Crippen LogP contribution in [0.5, 0.6) is 0 Å². The monoisotopic (exact) mass is 352 g/mol. The number of rotatable bonds is 7. The molecule has 26 heavy (non-hydrogen) atoms. The van der Waals surface area contributed by atoms with Crippen LogP contribution < -0.4 is 10.6 Å². The lowest BCUT2D eigenvalue weighted by Gasteiger charge is -2.16. The van der Waals surface area contributed by atoms with E-state index in [4.69, 9.17) is 0 Å². The van der Waals surface area contributed by atoms with Gasteiger partial charge in [0.2, 0.25) is 5.95 Å². The smallest absolute Gasteiger partial charge is 0.254 e. The number of carbonyl (C=O) groups is 1. The fourth-order valence-electron chi connectivity index (χ4n) is 3.37. The summed E-state index contributed by atoms with van der Waals surface area (Å²) in [4.78, 5) is 20.9. The van der Waals surface area contributed by atoms with Crippen molar-refractivity contribution in [2.45, 2.75) is 57.4 Å². The summed E-state index contributed by atoms with van der Waals surface area (Å²) in [5, 5.41) is 6.34. The van der Waals surface area contributed by atoms with Crippen LogP contribution in [0.1, 0.15) is 60.9 Å². The van der Waals surface area contributed by atoms with Gasteiger partial charge in [-0.25, -0.2) is 9.97 Å². The number of anilines is 1. The molecule has 0 saturated heterocycles. The summed E-state index contributed by atoms with van der Waals surface area (Å²) in [7, 11) is 0. The predicted molar refractivity (Wildman–Crippen MR) is 104 cm³/mol. The molecule has 5 nitrogen and oxygen atoms in total. The quantitative estimate of drug-likeness (QED) is 0.584. The van der Waals surface area contributed by atoms with E-state index in [9.17, 15) is 4.79 Å². The van der Waals surface area contributed by atoms with Gasteiger partial charge in [-0.3, -0.25) is 4.79 Å². The fraction of sp³-hybridized carbons (Fsp3) is 0.476. The minimum absolute atomic E-state index is 0.0625. The van der Waals surface area contributed by atoms with E-state index < -0.39 is 0 Å². The van der Waals surface area contributed by atoms with Crippen molar-refractivity contribution in [2.24, 2.45) is 0 Å². The molecule has 1 aromatic heterocycles. The van der Waals surface area contributed by atoms with Gasteiger partial charge >= 0.3 is 0 Å². The maximum absolute atomic E-state index is 12.3. The number of nitrogens with one attached hydrogen (secondary N) is 2. The lowest BCUT2D eigenvalue weighted by molar-refractivity contribution is 0.0932. The first-order chi connectivity index (χ1) is 12.8. The number of nitrogens with zero attached hydrogens (tertiary/aromatic N) is 2. The molecule has 1 amide bonds. The third-order valence-electron chi connectivity index (χ3n) is 4.87. The van der Waals surface area contributed by atoms with Crippen LogP contribution in [-0.2, 0) is 6.42 Å². The highest BCUT2D eigenvalue weighted by molar-refractivity contribution is 5.93. The number of hydrogen-bond donors (Lipinski definition) is 2. The van der Waals surface area contributed by atoms with E-state index >= 15 is 0 Å². The minimum atomic E-state index is -0.0625. The molecule has 2 aromatic rings. The zero-order chi connectivity index (χ0) is 18.0. The molecule has 0 spiro atoms. The summed E-state index contributed by atoms with van der Waals surface area (Å²) in [6.07, 6.45) is 12.4. The summed E-state index contributed by atoms with van der Waals surface area (Å²) < 4.78 is 0. The van der Waals surface area contributed by atoms with Crippen molar-refractivity contribution in [1.29, 1.82) is 0 Å². The van der Waals surface area contributed by atoms with E-state index in [2.05, 4.69) is 44.9 Å². The Morgan fingerprint density at radius 1 is 1.00 bits per heavy atom. The first-order valence-electron chi connectivity index (χ1n) is 9.72. The summed E-state index contributed by atoms with van der Waals surface area (Å²) in [5.41, 5.74) is 1.87. The largest absolute Gasteiger partial charge is 0.354 e. The molecule has 1 heterocycles. The molecule has 1 aromatic carbocycles. The van der Waals surface area contributed by atoms with Crippen LogP contribution in [0.25, 0.3) is 0 Å². The van der Waals surface area contributed by atoms with E-state index in [0.717, 1.165) is 32.2 Å². The van der Waals surface area contributed by atoms with Crippen LogP contribution in [0.3, 0.4) is 0 Å². The van der Waals surface area contributed by atoms with E-state index in [0.29, 0.717) is 17.6 Å². The maximum atomic E-state index is 12.3. The summed E-state index contributed by atoms with van der Waals surface area (Å²) >= 11 is 0. The molecule has 0 radical (unpaired) electrons. The fourth-order valence-corrected chi connectivity index (χ4v) is 3.37. The second-order valence-corrected chi connectivity index (χ2v) is 6.97. The average Bonchev–Trinajstić information content (AvgIpc) is 2.95. The lowest BCUT2D eigenvalue weighted by atomic mass is 10.1. The highest BCUT2D eigenvalue weighted by Gasteiger charge is 2.16. The summed E-state index contributed by atoms with van der Waals surface area (Å²) in [6.45, 7) is 0.808. The van der Waals surface area contributed by atoms with Gasteiger partial charge in [0.25, 0.3) is 5.91 Å². The van der Waals surface area contributed by atoms with Crippen molar-refractivity contribution in [1.82, 2.24) is 15.3 Å². The molecule has 3 rings (SSSR count). The van der Waals surface area contributed by atoms with Crippen molar-refractivity contribution in [3.05, 3.63) is 53.9 Å². The number of aromatic nitrogens is 2. The topological polar surface area (TPSA) is 66.9 Å². The van der Waals surface area contributed by atoms with E-state index in [-0.39, 0.29) is 5.91 Å². The number of hydrogen-bond acceptors (Lipinski definition) is 4. The second kappa shape index (κ2) is 9.90. The Labute approximate surface area is 155 Å². The van der Waals surface area contributed by atoms with Gasteiger partial charge < -0.3 is 10.6 Å². The number of amides is 1. The van der Waals surface area contributed by atoms with Crippen LogP contribution in [0.2, 0.25) is 0 Å². The molecule has 5 heteroatoms. The normalized spacial score (nSPS) is 15.2. The van der Waals surface area contributed by atoms with Crippen LogP contribution in [0, 0.1) is 0 Å². The highest BCUT2D eigenvalue weighted by Crippen LogP contribution is 2.17. The standard InChI is InChI=1S/C21H28N4O/c26-20(25-19-12-6-1-2-7-13-19)18-15-23-21(24-16-18)22-14-8-11-17-9-4-3-5-10-17/h3-5,9-10,15-16,19H,1-2,6-8,11-14H2,(H,25,26)(H,22,23,24). The molecule has 0 unspecified atom stereocenters. The number of aryl methyl sites for hydroxylation is 1. The number of carbonyl (C=O) groups excluding carboxylic acids is 1. The summed E-state index contributed by atoms with van der Waals surface area (Å²) in [6, 6.07) is 10.7. The van der Waals surface area contributed by atoms with Crippen LogP contribution in [0.4, 0.5) is 5.95 Å². The molecule has 1 fully saturated rings. The number of benzene rings is 1. The molecular formula is C21H28N4O. The van der Waals surface area contributed by atoms with E-state index in [1.807, 2.05) is 6.07 Å². The first kappa shape index (κ1) is 18.4. The Hall–Kier alpha value is -2.43. The van der Waals surface area contributed by atoms with Crippen molar-refractivity contribution >= 4 is 11.9 Å². The lowest BCUT2D eigenvalue weighted by Crippen LogP contribution is -2.34. The van der Waals surface area contributed by atoms with Gasteiger partial charge in [0.1, 0.15) is 0 Å². The Kier molecular flexibility index (Phi) is 6.99. The van der Waals surface area contributed by atoms with Gasteiger partial charge in [0.15, 0.2) is 0 Å². The van der Waals surface area contributed by atoms with Gasteiger partial charge in [0.05, 0.1) is 5.56 Å². The molecule has 1 aliphatic rings. The van der Waals surface area contributed by atoms with Gasteiger partial charge in [0, 0.05) is 25.0 Å². The van der Waals surface area contributed by atoms with E-state index in [1.54, 1.807) is 12.4 Å². The van der Waals surface area contributed by atoms with Crippen molar-refractivity contribution in [2.75, 3.05) is 11.9 Å². The molecular weight excluding hydrogens is 324 g/mol. The predicted octanol–water partition coefficient (Wildman–Crippen LogP) is 3.97. The van der Waals surface area contributed by atoms with Gasteiger partial charge in [-0.05, 0) is 31.2 Å². The van der Waals surface area contributed by atoms with Crippen molar-refractivity contribution < 1.29 is 4.79 Å². The molecule has 138 valence electrons. The SMILES string of the molecule is O=C(NC1CCCCCC1)c1cnc(NCCCc2ccccc2)nc1. The van der Waals surface area contributed by atoms with Gasteiger partial charge in [-0.2, -0.15) is 0 Å². The van der Waals surface area contributed by atoms with Crippen molar-refractivity contribution in [3.8, 4) is 0 Å². The zero-order valence-corrected chi connectivity index (χ0v) is 15.3. The second-order valence-electron chi connectivity index (χ2n) is 6.97. The molecule has 2 N–H and O–H groups in total. The van der Waals surface area contributed by atoms with Crippen LogP contribution in [0.15, 0.2) is 42.7 Å². The molecule has 1 saturated carbocycles. The third kappa shape index (κ3) is 5.83. The Morgan fingerprint density at radius 2 is 1.69 bits per heavy atom. The molecule has 0 atom stereocenters. The van der Waals surface area contributed by atoms with Gasteiger partial charge in [-0.15, -0.1) is 0 Å². The average molecular weight is 352 g/mol. The molecule has 1 aliphatic carbocycles. The van der Waals surface area contributed by atoms with Gasteiger partial charge in [-0.1, -0.05) is 56.0 Å². The Morgan fingerprint density at radius 3 is 2.38 bits per heavy atom. The Bertz CT molecular complexity index is 664. The van der Waals surface area contributed by atoms with E-state index in [1.165, 1.54) is 31.2 Å². The summed E-state index contributed by atoms with van der Waals surface area (Å²) in [5.74, 6) is 0.511. The third-order valence-corrected chi connectivity index (χ3v) is 4.87. The van der Waals surface area contributed by atoms with Crippen molar-refractivity contribution in [3.63, 3.8) is 0 Å². The Balaban J connectivity index is 1.41. The molecule has 0 bridgehead atoms. The minimum Gasteiger partial charge on any atom is -0.354 e. The van der Waals surface area contributed by atoms with Crippen LogP contribution in [-0.4, -0.2) is 28.5 Å².